The van der Waals surface area contributed by atoms with Crippen LogP contribution in [0.1, 0.15) is 37.6 Å². The van der Waals surface area contributed by atoms with Crippen molar-refractivity contribution in [1.29, 1.82) is 0 Å². The number of amides is 1. The van der Waals surface area contributed by atoms with Crippen molar-refractivity contribution in [3.63, 3.8) is 0 Å². The summed E-state index contributed by atoms with van der Waals surface area (Å²) in [6, 6.07) is 16.9. The number of aryl methyl sites for hydroxylation is 1. The minimum absolute atomic E-state index is 0.296. The van der Waals surface area contributed by atoms with Crippen molar-refractivity contribution in [2.75, 3.05) is 19.5 Å². The Labute approximate surface area is 195 Å². The molecule has 2 aromatic carbocycles. The first-order valence-corrected chi connectivity index (χ1v) is 11.5. The Balaban J connectivity index is 1.61. The predicted molar refractivity (Wildman–Crippen MR) is 129 cm³/mol. The molecule has 1 amide bonds. The van der Waals surface area contributed by atoms with Gasteiger partial charge in [-0.15, -0.1) is 11.3 Å². The van der Waals surface area contributed by atoms with Crippen LogP contribution in [0.2, 0.25) is 0 Å². The van der Waals surface area contributed by atoms with Crippen molar-refractivity contribution >= 4 is 39.1 Å². The van der Waals surface area contributed by atoms with Crippen LogP contribution < -0.4 is 10.1 Å². The number of fused-ring (bicyclic) bond motifs is 2. The van der Waals surface area contributed by atoms with E-state index in [-0.39, 0.29) is 5.91 Å². The van der Waals surface area contributed by atoms with Crippen LogP contribution in [-0.4, -0.2) is 31.1 Å². The summed E-state index contributed by atoms with van der Waals surface area (Å²) in [7, 11) is 2.97. The molecule has 1 aliphatic rings. The van der Waals surface area contributed by atoms with Crippen LogP contribution in [0.4, 0.5) is 5.00 Å². The molecule has 2 aromatic heterocycles. The quantitative estimate of drug-likeness (QED) is 0.400. The van der Waals surface area contributed by atoms with Crippen LogP contribution >= 0.6 is 11.3 Å². The first-order chi connectivity index (χ1) is 16.1. The number of nitrogens with one attached hydrogen (secondary N) is 1. The Kier molecular flexibility index (Phi) is 5.56. The van der Waals surface area contributed by atoms with E-state index in [1.807, 2.05) is 48.5 Å². The summed E-state index contributed by atoms with van der Waals surface area (Å²) in [4.78, 5) is 32.0. The number of hydrogen-bond acceptors (Lipinski definition) is 6. The van der Waals surface area contributed by atoms with Crippen molar-refractivity contribution in [2.45, 2.75) is 19.3 Å². The molecule has 0 aliphatic heterocycles. The van der Waals surface area contributed by atoms with Gasteiger partial charge in [-0.3, -0.25) is 4.79 Å². The lowest BCUT2D eigenvalue weighted by Gasteiger charge is -2.13. The monoisotopic (exact) mass is 458 g/mol. The number of benzene rings is 2. The molecule has 1 aliphatic carbocycles. The summed E-state index contributed by atoms with van der Waals surface area (Å²) >= 11 is 1.46. The first kappa shape index (κ1) is 21.2. The fraction of sp³-hybridized carbons (Fsp3) is 0.192. The lowest BCUT2D eigenvalue weighted by atomic mass is 10.0. The Bertz CT molecular complexity index is 1390. The fourth-order valence-electron chi connectivity index (χ4n) is 4.34. The lowest BCUT2D eigenvalue weighted by Crippen LogP contribution is -2.15. The van der Waals surface area contributed by atoms with E-state index in [0.717, 1.165) is 40.7 Å². The summed E-state index contributed by atoms with van der Waals surface area (Å²) in [5, 5.41) is 4.26. The van der Waals surface area contributed by atoms with Crippen molar-refractivity contribution in [2.24, 2.45) is 0 Å². The van der Waals surface area contributed by atoms with Gasteiger partial charge in [-0.1, -0.05) is 30.3 Å². The van der Waals surface area contributed by atoms with Gasteiger partial charge < -0.3 is 14.8 Å². The standard InChI is InChI=1S/C26H22N2O4S/c1-31-21-12-6-4-9-16(21)20-14-18(15-8-3-5-11-19(15)27-20)24(29)28-25-23(26(30)32-2)17-10-7-13-22(17)33-25/h3-6,8-9,11-12,14H,7,10,13H2,1-2H3,(H,28,29). The molecule has 0 fully saturated rings. The van der Waals surface area contributed by atoms with Gasteiger partial charge in [-0.05, 0) is 49.1 Å². The van der Waals surface area contributed by atoms with E-state index in [2.05, 4.69) is 5.32 Å². The largest absolute Gasteiger partial charge is 0.496 e. The van der Waals surface area contributed by atoms with Crippen LogP contribution in [0.25, 0.3) is 22.2 Å². The topological polar surface area (TPSA) is 77.5 Å². The Morgan fingerprint density at radius 3 is 2.64 bits per heavy atom. The molecule has 0 spiro atoms. The number of para-hydroxylation sites is 2. The Morgan fingerprint density at radius 2 is 1.82 bits per heavy atom. The number of methoxy groups -OCH3 is 2. The molecule has 0 saturated carbocycles. The molecule has 1 N–H and O–H groups in total. The number of nitrogens with zero attached hydrogens (tertiary/aromatic N) is 1. The molecule has 5 rings (SSSR count). The van der Waals surface area contributed by atoms with Crippen molar-refractivity contribution in [3.8, 4) is 17.0 Å². The summed E-state index contributed by atoms with van der Waals surface area (Å²) in [5.74, 6) is -0.0388. The van der Waals surface area contributed by atoms with Crippen LogP contribution in [-0.2, 0) is 17.6 Å². The number of ether oxygens (including phenoxy) is 2. The molecular formula is C26H22N2O4S. The number of aromatic nitrogens is 1. The van der Waals surface area contributed by atoms with Crippen molar-refractivity contribution in [3.05, 3.63) is 76.2 Å². The minimum atomic E-state index is -0.418. The summed E-state index contributed by atoms with van der Waals surface area (Å²) in [6.07, 6.45) is 2.74. The highest BCUT2D eigenvalue weighted by atomic mass is 32.1. The van der Waals surface area contributed by atoms with Gasteiger partial charge in [0.15, 0.2) is 0 Å². The number of anilines is 1. The highest BCUT2D eigenvalue weighted by molar-refractivity contribution is 7.17. The molecule has 166 valence electrons. The molecule has 33 heavy (non-hydrogen) atoms. The Morgan fingerprint density at radius 1 is 1.03 bits per heavy atom. The second-order valence-corrected chi connectivity index (χ2v) is 8.88. The van der Waals surface area contributed by atoms with Crippen LogP contribution in [0, 0.1) is 0 Å². The number of rotatable bonds is 5. The van der Waals surface area contributed by atoms with E-state index < -0.39 is 5.97 Å². The van der Waals surface area contributed by atoms with E-state index in [9.17, 15) is 9.59 Å². The summed E-state index contributed by atoms with van der Waals surface area (Å²) in [6.45, 7) is 0. The molecule has 0 unspecified atom stereocenters. The van der Waals surface area contributed by atoms with Crippen molar-refractivity contribution < 1.29 is 19.1 Å². The normalized spacial score (nSPS) is 12.4. The predicted octanol–water partition coefficient (Wildman–Crippen LogP) is 5.50. The molecular weight excluding hydrogens is 436 g/mol. The molecule has 0 radical (unpaired) electrons. The Hall–Kier alpha value is -3.71. The van der Waals surface area contributed by atoms with Gasteiger partial charge in [0, 0.05) is 15.8 Å². The minimum Gasteiger partial charge on any atom is -0.496 e. The van der Waals surface area contributed by atoms with Gasteiger partial charge >= 0.3 is 5.97 Å². The van der Waals surface area contributed by atoms with E-state index in [1.165, 1.54) is 18.4 Å². The second-order valence-electron chi connectivity index (χ2n) is 7.78. The zero-order valence-corrected chi connectivity index (χ0v) is 19.1. The highest BCUT2D eigenvalue weighted by Gasteiger charge is 2.28. The average Bonchev–Trinajstić information content (AvgIpc) is 3.43. The van der Waals surface area contributed by atoms with Gasteiger partial charge in [-0.25, -0.2) is 9.78 Å². The number of carbonyl (C=O) groups is 2. The third-order valence-corrected chi connectivity index (χ3v) is 7.09. The number of thiophene rings is 1. The van der Waals surface area contributed by atoms with Gasteiger partial charge in [0.1, 0.15) is 10.8 Å². The molecule has 0 saturated heterocycles. The van der Waals surface area contributed by atoms with Crippen LogP contribution in [0.15, 0.2) is 54.6 Å². The van der Waals surface area contributed by atoms with Gasteiger partial charge in [0.25, 0.3) is 5.91 Å². The molecule has 0 atom stereocenters. The average molecular weight is 459 g/mol. The second kappa shape index (κ2) is 8.67. The molecule has 4 aromatic rings. The highest BCUT2D eigenvalue weighted by Crippen LogP contribution is 2.40. The van der Waals surface area contributed by atoms with Crippen LogP contribution in [0.3, 0.4) is 0 Å². The number of hydrogen-bond donors (Lipinski definition) is 1. The fourth-order valence-corrected chi connectivity index (χ4v) is 5.61. The SMILES string of the molecule is COC(=O)c1c(NC(=O)c2cc(-c3ccccc3OC)nc3ccccc23)sc2c1CCC2. The summed E-state index contributed by atoms with van der Waals surface area (Å²) < 4.78 is 10.5. The maximum Gasteiger partial charge on any atom is 0.341 e. The lowest BCUT2D eigenvalue weighted by molar-refractivity contribution is 0.0601. The third kappa shape index (κ3) is 3.74. The number of carbonyl (C=O) groups excluding carboxylic acids is 2. The van der Waals surface area contributed by atoms with E-state index in [4.69, 9.17) is 14.5 Å². The third-order valence-electron chi connectivity index (χ3n) is 5.88. The zero-order valence-electron chi connectivity index (χ0n) is 18.3. The maximum absolute atomic E-state index is 13.5. The smallest absolute Gasteiger partial charge is 0.341 e. The van der Waals surface area contributed by atoms with Gasteiger partial charge in [0.2, 0.25) is 0 Å². The molecule has 0 bridgehead atoms. The first-order valence-electron chi connectivity index (χ1n) is 10.7. The summed E-state index contributed by atoms with van der Waals surface area (Å²) in [5.41, 5.74) is 4.09. The molecule has 2 heterocycles. The zero-order chi connectivity index (χ0) is 22.9. The number of esters is 1. The van der Waals surface area contributed by atoms with E-state index in [0.29, 0.717) is 33.1 Å². The van der Waals surface area contributed by atoms with E-state index in [1.54, 1.807) is 13.2 Å². The van der Waals surface area contributed by atoms with E-state index >= 15 is 0 Å². The van der Waals surface area contributed by atoms with Gasteiger partial charge in [-0.2, -0.15) is 0 Å². The maximum atomic E-state index is 13.5. The molecule has 7 heteroatoms. The number of pyridine rings is 1. The van der Waals surface area contributed by atoms with Crippen molar-refractivity contribution in [1.82, 2.24) is 4.98 Å². The van der Waals surface area contributed by atoms with Gasteiger partial charge in [0.05, 0.1) is 36.6 Å². The molecule has 6 nitrogen and oxygen atoms in total. The van der Waals surface area contributed by atoms with Crippen LogP contribution in [0.5, 0.6) is 5.75 Å².